The maximum Gasteiger partial charge on any atom is 0.105 e. The molecule has 1 rings (SSSR count). The van der Waals surface area contributed by atoms with Gasteiger partial charge in [0.15, 0.2) is 0 Å². The summed E-state index contributed by atoms with van der Waals surface area (Å²) >= 11 is 0. The van der Waals surface area contributed by atoms with Crippen LogP contribution in [0, 0.1) is 5.92 Å². The molecule has 1 saturated carbocycles. The number of rotatable bonds is 7. The first-order valence-corrected chi connectivity index (χ1v) is 7.16. The summed E-state index contributed by atoms with van der Waals surface area (Å²) in [5.41, 5.74) is 0. The van der Waals surface area contributed by atoms with Crippen LogP contribution in [-0.4, -0.2) is 17.4 Å². The molecule has 0 radical (unpaired) electrons. The van der Waals surface area contributed by atoms with Crippen molar-refractivity contribution in [1.82, 2.24) is 5.32 Å². The Morgan fingerprint density at radius 1 is 1.25 bits per heavy atom. The van der Waals surface area contributed by atoms with Crippen molar-refractivity contribution in [3.63, 3.8) is 0 Å². The van der Waals surface area contributed by atoms with Crippen LogP contribution < -0.4 is 5.32 Å². The monoisotopic (exact) mass is 227 g/mol. The normalized spacial score (nSPS) is 21.9. The van der Waals surface area contributed by atoms with Crippen LogP contribution in [-0.2, 0) is 0 Å². The fourth-order valence-corrected chi connectivity index (χ4v) is 2.80. The Balaban J connectivity index is 2.11. The molecule has 2 N–H and O–H groups in total. The average Bonchev–Trinajstić information content (AvgIpc) is 2.27. The van der Waals surface area contributed by atoms with Gasteiger partial charge in [0.05, 0.1) is 0 Å². The fraction of sp³-hybridized carbons (Fsp3) is 1.00. The largest absolute Gasteiger partial charge is 0.379 e. The molecule has 0 amide bonds. The summed E-state index contributed by atoms with van der Waals surface area (Å²) in [4.78, 5) is 0. The second kappa shape index (κ2) is 8.08. The van der Waals surface area contributed by atoms with Gasteiger partial charge in [-0.05, 0) is 32.1 Å². The van der Waals surface area contributed by atoms with Crippen LogP contribution in [0.5, 0.6) is 0 Å². The van der Waals surface area contributed by atoms with E-state index in [0.717, 1.165) is 25.2 Å². The summed E-state index contributed by atoms with van der Waals surface area (Å²) in [5, 5.41) is 13.1. The van der Waals surface area contributed by atoms with Crippen molar-refractivity contribution in [3.8, 4) is 0 Å². The minimum Gasteiger partial charge on any atom is -0.379 e. The number of nitrogens with one attached hydrogen (secondary N) is 1. The SMILES string of the molecule is CCCCC(O)NC(C)CC1CCCCC1. The topological polar surface area (TPSA) is 32.3 Å². The molecule has 0 bridgehead atoms. The average molecular weight is 227 g/mol. The predicted molar refractivity (Wildman–Crippen MR) is 69.3 cm³/mol. The lowest BCUT2D eigenvalue weighted by Gasteiger charge is -2.26. The number of aliphatic hydroxyl groups is 1. The Morgan fingerprint density at radius 3 is 2.56 bits per heavy atom. The minimum atomic E-state index is -0.293. The fourth-order valence-electron chi connectivity index (χ4n) is 2.80. The van der Waals surface area contributed by atoms with E-state index < -0.39 is 0 Å². The molecule has 0 heterocycles. The third-order valence-electron chi connectivity index (χ3n) is 3.72. The summed E-state index contributed by atoms with van der Waals surface area (Å²) in [6.45, 7) is 4.38. The van der Waals surface area contributed by atoms with E-state index in [4.69, 9.17) is 0 Å². The highest BCUT2D eigenvalue weighted by Gasteiger charge is 2.17. The molecule has 2 heteroatoms. The molecule has 0 aromatic heterocycles. The van der Waals surface area contributed by atoms with Gasteiger partial charge in [-0.25, -0.2) is 0 Å². The van der Waals surface area contributed by atoms with Gasteiger partial charge >= 0.3 is 0 Å². The maximum atomic E-state index is 9.77. The van der Waals surface area contributed by atoms with Gasteiger partial charge in [-0.3, -0.25) is 5.32 Å². The van der Waals surface area contributed by atoms with Crippen molar-refractivity contribution in [1.29, 1.82) is 0 Å². The molecule has 96 valence electrons. The van der Waals surface area contributed by atoms with Crippen LogP contribution >= 0.6 is 0 Å². The number of hydrogen-bond donors (Lipinski definition) is 2. The quantitative estimate of drug-likeness (QED) is 0.653. The third-order valence-corrected chi connectivity index (χ3v) is 3.72. The van der Waals surface area contributed by atoms with Gasteiger partial charge in [-0.15, -0.1) is 0 Å². The maximum absolute atomic E-state index is 9.77. The van der Waals surface area contributed by atoms with E-state index >= 15 is 0 Å². The standard InChI is InChI=1S/C14H29NO/c1-3-4-10-14(16)15-12(2)11-13-8-6-5-7-9-13/h12-16H,3-11H2,1-2H3. The zero-order valence-electron chi connectivity index (χ0n) is 11.0. The second-order valence-electron chi connectivity index (χ2n) is 5.47. The lowest BCUT2D eigenvalue weighted by atomic mass is 9.85. The molecular formula is C14H29NO. The molecule has 1 fully saturated rings. The lowest BCUT2D eigenvalue weighted by molar-refractivity contribution is 0.106. The van der Waals surface area contributed by atoms with E-state index in [-0.39, 0.29) is 6.23 Å². The molecule has 16 heavy (non-hydrogen) atoms. The van der Waals surface area contributed by atoms with Gasteiger partial charge in [-0.1, -0.05) is 45.4 Å². The van der Waals surface area contributed by atoms with Crippen LogP contribution in [0.15, 0.2) is 0 Å². The van der Waals surface area contributed by atoms with Crippen molar-refractivity contribution in [3.05, 3.63) is 0 Å². The summed E-state index contributed by atoms with van der Waals surface area (Å²) in [7, 11) is 0. The van der Waals surface area contributed by atoms with Crippen LogP contribution in [0.3, 0.4) is 0 Å². The van der Waals surface area contributed by atoms with Crippen LogP contribution in [0.2, 0.25) is 0 Å². The lowest BCUT2D eigenvalue weighted by Crippen LogP contribution is -2.37. The van der Waals surface area contributed by atoms with Gasteiger partial charge in [0.2, 0.25) is 0 Å². The van der Waals surface area contributed by atoms with Crippen LogP contribution in [0.4, 0.5) is 0 Å². The Kier molecular flexibility index (Phi) is 7.06. The Bertz CT molecular complexity index is 166. The smallest absolute Gasteiger partial charge is 0.105 e. The molecule has 0 aliphatic heterocycles. The zero-order valence-corrected chi connectivity index (χ0v) is 11.0. The van der Waals surface area contributed by atoms with E-state index in [0.29, 0.717) is 6.04 Å². The van der Waals surface area contributed by atoms with Gasteiger partial charge < -0.3 is 5.11 Å². The minimum absolute atomic E-state index is 0.293. The highest BCUT2D eigenvalue weighted by atomic mass is 16.3. The van der Waals surface area contributed by atoms with Crippen molar-refractivity contribution in [2.45, 2.75) is 83.9 Å². The van der Waals surface area contributed by atoms with Gasteiger partial charge in [0, 0.05) is 6.04 Å². The van der Waals surface area contributed by atoms with Gasteiger partial charge in [-0.2, -0.15) is 0 Å². The van der Waals surface area contributed by atoms with Crippen LogP contribution in [0.1, 0.15) is 71.6 Å². The number of hydrogen-bond acceptors (Lipinski definition) is 2. The highest BCUT2D eigenvalue weighted by Crippen LogP contribution is 2.27. The molecule has 0 saturated heterocycles. The zero-order chi connectivity index (χ0) is 11.8. The van der Waals surface area contributed by atoms with Gasteiger partial charge in [0.1, 0.15) is 6.23 Å². The first-order valence-electron chi connectivity index (χ1n) is 7.16. The Labute approximate surface area is 101 Å². The number of aliphatic hydroxyl groups excluding tert-OH is 1. The van der Waals surface area contributed by atoms with E-state index in [1.807, 2.05) is 0 Å². The highest BCUT2D eigenvalue weighted by molar-refractivity contribution is 4.72. The van der Waals surface area contributed by atoms with Crippen molar-refractivity contribution < 1.29 is 5.11 Å². The summed E-state index contributed by atoms with van der Waals surface area (Å²) in [6, 6.07) is 0.468. The van der Waals surface area contributed by atoms with Gasteiger partial charge in [0.25, 0.3) is 0 Å². The summed E-state index contributed by atoms with van der Waals surface area (Å²) in [5.74, 6) is 0.898. The first kappa shape index (κ1) is 14.0. The third kappa shape index (κ3) is 5.86. The summed E-state index contributed by atoms with van der Waals surface area (Å²) < 4.78 is 0. The predicted octanol–water partition coefficient (Wildman–Crippen LogP) is 3.44. The molecule has 0 aromatic carbocycles. The molecule has 1 aliphatic carbocycles. The number of unbranched alkanes of at least 4 members (excludes halogenated alkanes) is 1. The van der Waals surface area contributed by atoms with E-state index in [2.05, 4.69) is 19.2 Å². The van der Waals surface area contributed by atoms with Crippen molar-refractivity contribution >= 4 is 0 Å². The van der Waals surface area contributed by atoms with E-state index in [9.17, 15) is 5.11 Å². The summed E-state index contributed by atoms with van der Waals surface area (Å²) in [6.07, 6.45) is 11.2. The Morgan fingerprint density at radius 2 is 1.94 bits per heavy atom. The van der Waals surface area contributed by atoms with Crippen molar-refractivity contribution in [2.24, 2.45) is 5.92 Å². The molecule has 0 spiro atoms. The first-order chi connectivity index (χ1) is 7.72. The molecule has 1 aliphatic rings. The molecule has 2 atom stereocenters. The molecular weight excluding hydrogens is 198 g/mol. The van der Waals surface area contributed by atoms with Crippen LogP contribution in [0.25, 0.3) is 0 Å². The van der Waals surface area contributed by atoms with Crippen molar-refractivity contribution in [2.75, 3.05) is 0 Å². The second-order valence-corrected chi connectivity index (χ2v) is 5.47. The molecule has 2 unspecified atom stereocenters. The molecule has 0 aromatic rings. The van der Waals surface area contributed by atoms with E-state index in [1.165, 1.54) is 38.5 Å². The molecule has 2 nitrogen and oxygen atoms in total. The Hall–Kier alpha value is -0.0800. The van der Waals surface area contributed by atoms with E-state index in [1.54, 1.807) is 0 Å².